The topological polar surface area (TPSA) is 20.2 Å². The number of hydrogen-bond acceptors (Lipinski definition) is 1. The van der Waals surface area contributed by atoms with E-state index in [2.05, 4.69) is 24.1 Å². The maximum absolute atomic E-state index is 9.09. The lowest BCUT2D eigenvalue weighted by molar-refractivity contribution is 0.236. The summed E-state index contributed by atoms with van der Waals surface area (Å²) in [6.45, 7) is 0. The fourth-order valence-electron chi connectivity index (χ4n) is 1.31. The second-order valence-electron chi connectivity index (χ2n) is 3.41. The Morgan fingerprint density at radius 2 is 2.00 bits per heavy atom. The normalized spacial score (nSPS) is 12.5. The highest BCUT2D eigenvalue weighted by atomic mass is 16.3. The summed E-state index contributed by atoms with van der Waals surface area (Å²) < 4.78 is 0. The van der Waals surface area contributed by atoms with Crippen LogP contribution in [0.1, 0.15) is 18.4 Å². The van der Waals surface area contributed by atoms with Crippen molar-refractivity contribution in [2.45, 2.75) is 25.4 Å². The Morgan fingerprint density at radius 3 is 2.67 bits per heavy atom. The predicted octanol–water partition coefficient (Wildman–Crippen LogP) is 2.56. The van der Waals surface area contributed by atoms with E-state index in [1.165, 1.54) is 5.56 Å². The number of aliphatic hydroxyl groups excluding tert-OH is 1. The van der Waals surface area contributed by atoms with Crippen molar-refractivity contribution in [2.75, 3.05) is 0 Å². The zero-order valence-electron chi connectivity index (χ0n) is 8.76. The fourth-order valence-corrected chi connectivity index (χ4v) is 1.31. The summed E-state index contributed by atoms with van der Waals surface area (Å²) in [7, 11) is 0. The molecule has 0 amide bonds. The van der Waals surface area contributed by atoms with Crippen molar-refractivity contribution in [3.63, 3.8) is 0 Å². The summed E-state index contributed by atoms with van der Waals surface area (Å²) in [5.41, 5.74) is 1.33. The Labute approximate surface area is 91.5 Å². The highest BCUT2D eigenvalue weighted by Crippen LogP contribution is 2.03. The summed E-state index contributed by atoms with van der Waals surface area (Å²) in [4.78, 5) is 0. The van der Waals surface area contributed by atoms with Crippen LogP contribution in [0, 0.1) is 12.3 Å². The first-order valence-electron chi connectivity index (χ1n) is 5.16. The van der Waals surface area contributed by atoms with Gasteiger partial charge < -0.3 is 5.11 Å². The van der Waals surface area contributed by atoms with Crippen LogP contribution in [-0.4, -0.2) is 11.2 Å². The standard InChI is InChI=1S/C14H16O/c1-2-14(15)12-8-4-7-11-13-9-5-3-6-10-13/h1,3-6,8-10,14-15H,7,11-12H2. The molecule has 1 atom stereocenters. The second-order valence-corrected chi connectivity index (χ2v) is 3.41. The van der Waals surface area contributed by atoms with Crippen LogP contribution in [-0.2, 0) is 6.42 Å². The van der Waals surface area contributed by atoms with Gasteiger partial charge in [0.1, 0.15) is 6.10 Å². The molecule has 0 saturated heterocycles. The van der Waals surface area contributed by atoms with Gasteiger partial charge in [-0.05, 0) is 18.4 Å². The fraction of sp³-hybridized carbons (Fsp3) is 0.286. The molecule has 1 aromatic carbocycles. The van der Waals surface area contributed by atoms with Gasteiger partial charge in [0, 0.05) is 6.42 Å². The molecule has 0 saturated carbocycles. The monoisotopic (exact) mass is 200 g/mol. The van der Waals surface area contributed by atoms with E-state index in [9.17, 15) is 0 Å². The van der Waals surface area contributed by atoms with Crippen LogP contribution in [0.15, 0.2) is 42.5 Å². The molecule has 78 valence electrons. The number of terminal acetylenes is 1. The first kappa shape index (κ1) is 11.6. The van der Waals surface area contributed by atoms with Crippen molar-refractivity contribution in [3.8, 4) is 12.3 Å². The first-order valence-corrected chi connectivity index (χ1v) is 5.16. The molecule has 0 spiro atoms. The van der Waals surface area contributed by atoms with Crippen LogP contribution >= 0.6 is 0 Å². The van der Waals surface area contributed by atoms with Gasteiger partial charge in [-0.2, -0.15) is 0 Å². The van der Waals surface area contributed by atoms with Crippen molar-refractivity contribution in [3.05, 3.63) is 48.0 Å². The zero-order valence-corrected chi connectivity index (χ0v) is 8.76. The largest absolute Gasteiger partial charge is 0.380 e. The molecule has 0 bridgehead atoms. The number of hydrogen-bond donors (Lipinski definition) is 1. The maximum Gasteiger partial charge on any atom is 0.117 e. The van der Waals surface area contributed by atoms with E-state index in [-0.39, 0.29) is 0 Å². The Hall–Kier alpha value is -1.52. The zero-order chi connectivity index (χ0) is 10.9. The average molecular weight is 200 g/mol. The lowest BCUT2D eigenvalue weighted by Crippen LogP contribution is -1.98. The van der Waals surface area contributed by atoms with Crippen molar-refractivity contribution in [1.82, 2.24) is 0 Å². The summed E-state index contributed by atoms with van der Waals surface area (Å²) in [5, 5.41) is 9.09. The molecule has 0 aliphatic carbocycles. The SMILES string of the molecule is C#CC(O)CC=CCCc1ccccc1. The van der Waals surface area contributed by atoms with Crippen LogP contribution in [0.5, 0.6) is 0 Å². The molecule has 1 aromatic rings. The van der Waals surface area contributed by atoms with E-state index < -0.39 is 6.10 Å². The Morgan fingerprint density at radius 1 is 1.27 bits per heavy atom. The number of allylic oxidation sites excluding steroid dienone is 1. The highest BCUT2D eigenvalue weighted by Gasteiger charge is 1.92. The van der Waals surface area contributed by atoms with Gasteiger partial charge in [0.05, 0.1) is 0 Å². The molecule has 1 unspecified atom stereocenters. The first-order chi connectivity index (χ1) is 7.33. The van der Waals surface area contributed by atoms with Gasteiger partial charge in [-0.15, -0.1) is 6.42 Å². The predicted molar refractivity (Wildman–Crippen MR) is 63.4 cm³/mol. The molecule has 1 rings (SSSR count). The van der Waals surface area contributed by atoms with E-state index in [1.54, 1.807) is 0 Å². The van der Waals surface area contributed by atoms with Crippen LogP contribution in [0.4, 0.5) is 0 Å². The van der Waals surface area contributed by atoms with Gasteiger partial charge in [0.15, 0.2) is 0 Å². The van der Waals surface area contributed by atoms with Crippen molar-refractivity contribution in [1.29, 1.82) is 0 Å². The van der Waals surface area contributed by atoms with Crippen molar-refractivity contribution < 1.29 is 5.11 Å². The molecule has 0 aliphatic rings. The average Bonchev–Trinajstić information content (AvgIpc) is 2.29. The van der Waals surface area contributed by atoms with E-state index >= 15 is 0 Å². The number of rotatable bonds is 5. The molecule has 0 heterocycles. The van der Waals surface area contributed by atoms with Crippen LogP contribution < -0.4 is 0 Å². The Kier molecular flexibility index (Phi) is 5.29. The van der Waals surface area contributed by atoms with E-state index in [4.69, 9.17) is 11.5 Å². The van der Waals surface area contributed by atoms with Crippen LogP contribution in [0.3, 0.4) is 0 Å². The third-order valence-electron chi connectivity index (χ3n) is 2.16. The third-order valence-corrected chi connectivity index (χ3v) is 2.16. The Balaban J connectivity index is 2.20. The van der Waals surface area contributed by atoms with E-state index in [1.807, 2.05) is 24.3 Å². The van der Waals surface area contributed by atoms with Crippen LogP contribution in [0.2, 0.25) is 0 Å². The summed E-state index contributed by atoms with van der Waals surface area (Å²) in [6.07, 6.45) is 11.0. The molecule has 0 aliphatic heterocycles. The highest BCUT2D eigenvalue weighted by molar-refractivity contribution is 5.15. The molecule has 15 heavy (non-hydrogen) atoms. The summed E-state index contributed by atoms with van der Waals surface area (Å²) >= 11 is 0. The van der Waals surface area contributed by atoms with Crippen LogP contribution in [0.25, 0.3) is 0 Å². The number of benzene rings is 1. The van der Waals surface area contributed by atoms with Gasteiger partial charge in [0.2, 0.25) is 0 Å². The molecule has 0 fully saturated rings. The Bertz CT molecular complexity index is 332. The van der Waals surface area contributed by atoms with Crippen molar-refractivity contribution in [2.24, 2.45) is 0 Å². The second kappa shape index (κ2) is 6.86. The molecular weight excluding hydrogens is 184 g/mol. The van der Waals surface area contributed by atoms with Gasteiger partial charge in [0.25, 0.3) is 0 Å². The lowest BCUT2D eigenvalue weighted by atomic mass is 10.1. The molecule has 1 heteroatoms. The van der Waals surface area contributed by atoms with Gasteiger partial charge >= 0.3 is 0 Å². The van der Waals surface area contributed by atoms with Crippen molar-refractivity contribution >= 4 is 0 Å². The minimum Gasteiger partial charge on any atom is -0.380 e. The molecular formula is C14H16O. The third kappa shape index (κ3) is 5.05. The quantitative estimate of drug-likeness (QED) is 0.572. The van der Waals surface area contributed by atoms with E-state index in [0.29, 0.717) is 6.42 Å². The molecule has 1 N–H and O–H groups in total. The lowest BCUT2D eigenvalue weighted by Gasteiger charge is -1.98. The minimum absolute atomic E-state index is 0.547. The molecule has 0 aromatic heterocycles. The smallest absolute Gasteiger partial charge is 0.117 e. The van der Waals surface area contributed by atoms with Gasteiger partial charge in [-0.3, -0.25) is 0 Å². The summed E-state index contributed by atoms with van der Waals surface area (Å²) in [5.74, 6) is 2.28. The minimum atomic E-state index is -0.641. The molecule has 0 radical (unpaired) electrons. The molecule has 1 nitrogen and oxygen atoms in total. The van der Waals surface area contributed by atoms with Gasteiger partial charge in [-0.25, -0.2) is 0 Å². The van der Waals surface area contributed by atoms with E-state index in [0.717, 1.165) is 12.8 Å². The number of aryl methyl sites for hydroxylation is 1. The maximum atomic E-state index is 9.09. The van der Waals surface area contributed by atoms with Gasteiger partial charge in [-0.1, -0.05) is 48.4 Å². The number of aliphatic hydroxyl groups is 1. The summed E-state index contributed by atoms with van der Waals surface area (Å²) in [6, 6.07) is 10.3.